The molecule has 1 N–H and O–H groups in total. The highest BCUT2D eigenvalue weighted by Crippen LogP contribution is 2.42. The lowest BCUT2D eigenvalue weighted by Crippen LogP contribution is -2.36. The molecule has 0 bridgehead atoms. The minimum Gasteiger partial charge on any atom is -0.475 e. The van der Waals surface area contributed by atoms with Crippen molar-refractivity contribution in [2.45, 2.75) is 25.6 Å². The number of alkyl halides is 3. The first-order chi connectivity index (χ1) is 15.2. The van der Waals surface area contributed by atoms with Gasteiger partial charge in [0.2, 0.25) is 0 Å². The summed E-state index contributed by atoms with van der Waals surface area (Å²) in [5.41, 5.74) is 1.30. The van der Waals surface area contributed by atoms with Crippen LogP contribution in [0.5, 0.6) is 0 Å². The van der Waals surface area contributed by atoms with E-state index >= 15 is 0 Å². The molecule has 6 nitrogen and oxygen atoms in total. The van der Waals surface area contributed by atoms with Gasteiger partial charge in [-0.3, -0.25) is 4.90 Å². The van der Waals surface area contributed by atoms with Gasteiger partial charge in [0.15, 0.2) is 0 Å². The quantitative estimate of drug-likeness (QED) is 0.653. The summed E-state index contributed by atoms with van der Waals surface area (Å²) >= 11 is 0. The van der Waals surface area contributed by atoms with Gasteiger partial charge < -0.3 is 19.3 Å². The first-order valence-corrected chi connectivity index (χ1v) is 10.7. The van der Waals surface area contributed by atoms with E-state index in [4.69, 9.17) is 24.1 Å². The number of fused-ring (bicyclic) bond motifs is 1. The third-order valence-corrected chi connectivity index (χ3v) is 6.24. The van der Waals surface area contributed by atoms with Crippen LogP contribution in [0.2, 0.25) is 0 Å². The van der Waals surface area contributed by atoms with Crippen molar-refractivity contribution in [2.24, 2.45) is 17.3 Å². The average Bonchev–Trinajstić information content (AvgIpc) is 3.27. The highest BCUT2D eigenvalue weighted by molar-refractivity contribution is 5.73. The minimum absolute atomic E-state index is 0.130. The van der Waals surface area contributed by atoms with Crippen LogP contribution in [0.25, 0.3) is 0 Å². The van der Waals surface area contributed by atoms with Gasteiger partial charge in [0.1, 0.15) is 5.82 Å². The summed E-state index contributed by atoms with van der Waals surface area (Å²) in [5.74, 6) is -1.74. The fraction of sp³-hybridized carbons (Fsp3) is 0.682. The Morgan fingerprint density at radius 3 is 2.47 bits per heavy atom. The Hall–Kier alpha value is -1.75. The van der Waals surface area contributed by atoms with E-state index < -0.39 is 12.1 Å². The molecule has 0 amide bonds. The Morgan fingerprint density at radius 2 is 1.84 bits per heavy atom. The monoisotopic (exact) mass is 463 g/mol. The largest absolute Gasteiger partial charge is 0.490 e. The number of hydrogen-bond donors (Lipinski definition) is 1. The summed E-state index contributed by atoms with van der Waals surface area (Å²) in [4.78, 5) is 11.4. The molecule has 32 heavy (non-hydrogen) atoms. The van der Waals surface area contributed by atoms with Crippen molar-refractivity contribution >= 4 is 5.97 Å². The maximum Gasteiger partial charge on any atom is 0.490 e. The predicted molar refractivity (Wildman–Crippen MR) is 106 cm³/mol. The fourth-order valence-corrected chi connectivity index (χ4v) is 4.46. The summed E-state index contributed by atoms with van der Waals surface area (Å²) in [5, 5.41) is 7.12. The Bertz CT molecular complexity index is 739. The van der Waals surface area contributed by atoms with Crippen molar-refractivity contribution in [3.05, 3.63) is 35.6 Å². The third-order valence-electron chi connectivity index (χ3n) is 6.24. The molecule has 3 aliphatic heterocycles. The maximum atomic E-state index is 13.1. The lowest BCUT2D eigenvalue weighted by Gasteiger charge is -2.29. The molecule has 4 rings (SSSR count). The highest BCUT2D eigenvalue weighted by atomic mass is 19.4. The van der Waals surface area contributed by atoms with Gasteiger partial charge in [-0.1, -0.05) is 12.1 Å². The molecule has 0 spiro atoms. The van der Waals surface area contributed by atoms with E-state index in [0.29, 0.717) is 11.8 Å². The number of carboxylic acids is 1. The predicted octanol–water partition coefficient (Wildman–Crippen LogP) is 3.35. The Kier molecular flexibility index (Phi) is 8.49. The molecular formula is C22H29F4NO5. The number of carbonyl (C=O) groups is 1. The summed E-state index contributed by atoms with van der Waals surface area (Å²) in [6.07, 6.45) is -2.85. The van der Waals surface area contributed by atoms with Crippen LogP contribution >= 0.6 is 0 Å². The van der Waals surface area contributed by atoms with Crippen molar-refractivity contribution < 1.29 is 41.7 Å². The topological polar surface area (TPSA) is 68.2 Å². The number of hydrogen-bond acceptors (Lipinski definition) is 5. The van der Waals surface area contributed by atoms with Gasteiger partial charge in [-0.05, 0) is 36.5 Å². The second-order valence-corrected chi connectivity index (χ2v) is 8.74. The highest BCUT2D eigenvalue weighted by Gasteiger charge is 2.50. The van der Waals surface area contributed by atoms with Crippen LogP contribution in [0.1, 0.15) is 18.4 Å². The number of ether oxygens (including phenoxy) is 3. The normalized spacial score (nSPS) is 26.4. The van der Waals surface area contributed by atoms with Gasteiger partial charge in [0.25, 0.3) is 0 Å². The van der Waals surface area contributed by atoms with Gasteiger partial charge in [-0.2, -0.15) is 13.2 Å². The van der Waals surface area contributed by atoms with Crippen molar-refractivity contribution in [1.82, 2.24) is 4.90 Å². The molecule has 3 aliphatic rings. The van der Waals surface area contributed by atoms with Crippen LogP contribution in [0.3, 0.4) is 0 Å². The van der Waals surface area contributed by atoms with Crippen molar-refractivity contribution in [3.8, 4) is 0 Å². The Labute approximate surface area is 184 Å². The molecule has 2 atom stereocenters. The minimum atomic E-state index is -5.08. The van der Waals surface area contributed by atoms with Crippen LogP contribution in [-0.4, -0.2) is 74.9 Å². The third kappa shape index (κ3) is 6.87. The lowest BCUT2D eigenvalue weighted by atomic mass is 9.82. The van der Waals surface area contributed by atoms with Crippen LogP contribution in [0, 0.1) is 23.1 Å². The van der Waals surface area contributed by atoms with E-state index in [1.54, 1.807) is 12.1 Å². The first-order valence-electron chi connectivity index (χ1n) is 10.7. The molecule has 0 unspecified atom stereocenters. The van der Waals surface area contributed by atoms with Crippen molar-refractivity contribution in [2.75, 3.05) is 52.7 Å². The number of nitrogens with zero attached hydrogens (tertiary/aromatic N) is 1. The molecule has 0 saturated carbocycles. The first kappa shape index (κ1) is 24.9. The molecule has 3 saturated heterocycles. The Balaban J connectivity index is 0.000000360. The van der Waals surface area contributed by atoms with Crippen LogP contribution in [0.4, 0.5) is 17.6 Å². The number of aliphatic carboxylic acids is 1. The number of halogens is 4. The van der Waals surface area contributed by atoms with Gasteiger partial charge in [0, 0.05) is 50.8 Å². The average molecular weight is 463 g/mol. The van der Waals surface area contributed by atoms with E-state index in [0.717, 1.165) is 72.1 Å². The molecule has 3 heterocycles. The molecule has 3 fully saturated rings. The van der Waals surface area contributed by atoms with Crippen LogP contribution in [0.15, 0.2) is 24.3 Å². The van der Waals surface area contributed by atoms with Gasteiger partial charge in [0.05, 0.1) is 19.8 Å². The molecule has 0 aromatic heterocycles. The van der Waals surface area contributed by atoms with E-state index in [1.807, 2.05) is 12.1 Å². The zero-order valence-corrected chi connectivity index (χ0v) is 17.8. The lowest BCUT2D eigenvalue weighted by molar-refractivity contribution is -0.192. The van der Waals surface area contributed by atoms with Crippen molar-refractivity contribution in [3.63, 3.8) is 0 Å². The standard InChI is InChI=1S/C20H28FNO3.C2HF3O2/c21-19-3-1-16(2-4-19)9-22-10-18-12-25-15-20(18,13-22)14-24-11-17-5-7-23-8-6-17;3-2(4,5)1(6)7/h1-4,17-18H,5-15H2;(H,6,7)/t18-,20-;/m1./s1. The zero-order valence-electron chi connectivity index (χ0n) is 17.8. The number of likely N-dealkylation sites (tertiary alicyclic amines) is 1. The number of rotatable bonds is 6. The molecule has 1 aromatic rings. The summed E-state index contributed by atoms with van der Waals surface area (Å²) in [6.45, 7) is 7.92. The molecule has 0 radical (unpaired) electrons. The second-order valence-electron chi connectivity index (χ2n) is 8.74. The number of benzene rings is 1. The fourth-order valence-electron chi connectivity index (χ4n) is 4.46. The SMILES string of the molecule is Fc1ccc(CN2C[C@@H]3COC[C@]3(COCC3CCOCC3)C2)cc1.O=C(O)C(F)(F)F. The van der Waals surface area contributed by atoms with Crippen LogP contribution in [-0.2, 0) is 25.5 Å². The molecule has 10 heteroatoms. The molecule has 180 valence electrons. The van der Waals surface area contributed by atoms with E-state index in [2.05, 4.69) is 4.90 Å². The summed E-state index contributed by atoms with van der Waals surface area (Å²) < 4.78 is 62.2. The maximum absolute atomic E-state index is 13.1. The smallest absolute Gasteiger partial charge is 0.475 e. The number of carboxylic acid groups (broad SMARTS) is 1. The van der Waals surface area contributed by atoms with Gasteiger partial charge in [-0.25, -0.2) is 9.18 Å². The van der Waals surface area contributed by atoms with E-state index in [1.165, 1.54) is 5.56 Å². The molecular weight excluding hydrogens is 434 g/mol. The second kappa shape index (κ2) is 10.9. The molecule has 0 aliphatic carbocycles. The summed E-state index contributed by atoms with van der Waals surface area (Å²) in [7, 11) is 0. The Morgan fingerprint density at radius 1 is 1.19 bits per heavy atom. The van der Waals surface area contributed by atoms with Crippen molar-refractivity contribution in [1.29, 1.82) is 0 Å². The van der Waals surface area contributed by atoms with E-state index in [9.17, 15) is 17.6 Å². The van der Waals surface area contributed by atoms with Gasteiger partial charge >= 0.3 is 12.1 Å². The van der Waals surface area contributed by atoms with Gasteiger partial charge in [-0.15, -0.1) is 0 Å². The summed E-state index contributed by atoms with van der Waals surface area (Å²) in [6, 6.07) is 6.85. The zero-order chi connectivity index (χ0) is 23.2. The van der Waals surface area contributed by atoms with E-state index in [-0.39, 0.29) is 11.2 Å². The molecule has 1 aromatic carbocycles. The van der Waals surface area contributed by atoms with Crippen LogP contribution < -0.4 is 0 Å².